The van der Waals surface area contributed by atoms with Crippen LogP contribution in [0.1, 0.15) is 59.3 Å². The summed E-state index contributed by atoms with van der Waals surface area (Å²) < 4.78 is 0. The number of aliphatic hydroxyl groups excluding tert-OH is 3. The number of hydrogen-bond donors (Lipinski definition) is 3. The summed E-state index contributed by atoms with van der Waals surface area (Å²) in [6, 6.07) is 0. The molecule has 10 heteroatoms. The largest absolute Gasteiger partial charge is 0.495 e. The summed E-state index contributed by atoms with van der Waals surface area (Å²) in [5.41, 5.74) is 0. The molecule has 3 aliphatic heterocycles. The number of nitrogens with zero attached hydrogens (tertiary/aromatic N) is 3. The molecular formula is C24H39FeN3O6. The first-order chi connectivity index (χ1) is 15.6. The van der Waals surface area contributed by atoms with Crippen LogP contribution in [0.2, 0.25) is 0 Å². The van der Waals surface area contributed by atoms with Crippen molar-refractivity contribution in [2.75, 3.05) is 39.3 Å². The van der Waals surface area contributed by atoms with Gasteiger partial charge in [-0.3, -0.25) is 14.4 Å². The third-order valence-electron chi connectivity index (χ3n) is 5.29. The molecule has 0 saturated carbocycles. The molecule has 0 amide bonds. The van der Waals surface area contributed by atoms with Crippen molar-refractivity contribution in [2.24, 2.45) is 0 Å². The van der Waals surface area contributed by atoms with Crippen molar-refractivity contribution in [1.29, 1.82) is 0 Å². The topological polar surface area (TPSA) is 122 Å². The molecule has 34 heavy (non-hydrogen) atoms. The predicted molar refractivity (Wildman–Crippen MR) is 127 cm³/mol. The van der Waals surface area contributed by atoms with Crippen molar-refractivity contribution in [3.63, 3.8) is 0 Å². The third-order valence-corrected chi connectivity index (χ3v) is 5.29. The number of rotatable bonds is 6. The summed E-state index contributed by atoms with van der Waals surface area (Å²) in [5, 5.41) is 27.9. The van der Waals surface area contributed by atoms with Gasteiger partial charge in [-0.15, -0.1) is 0 Å². The minimum Gasteiger partial charge on any atom is -0.495 e. The van der Waals surface area contributed by atoms with Crippen LogP contribution >= 0.6 is 0 Å². The quantitative estimate of drug-likeness (QED) is 0.275. The Hall–Kier alpha value is -2.45. The molecule has 3 rings (SSSR count). The Kier molecular flexibility index (Phi) is 15.8. The zero-order valence-electron chi connectivity index (χ0n) is 20.5. The first-order valence-electron chi connectivity index (χ1n) is 11.6. The Bertz CT molecular complexity index is 648. The van der Waals surface area contributed by atoms with Crippen LogP contribution in [0.5, 0.6) is 0 Å². The van der Waals surface area contributed by atoms with Crippen LogP contribution in [0.15, 0.2) is 35.9 Å². The fourth-order valence-corrected chi connectivity index (χ4v) is 3.66. The van der Waals surface area contributed by atoms with Crippen molar-refractivity contribution in [3.8, 4) is 0 Å². The molecule has 0 atom stereocenters. The number of carbonyl (C=O) groups is 3. The minimum absolute atomic E-state index is 0. The number of aliphatic hydroxyl groups is 3. The maximum absolute atomic E-state index is 10.5. The standard InChI is InChI=1S/3C8H13NO2.Fe/c3*1-7(10)6-8(11)9-4-2-3-5-9;/h3*6,11H,2-5H2,1H3;. The summed E-state index contributed by atoms with van der Waals surface area (Å²) in [4.78, 5) is 37.1. The van der Waals surface area contributed by atoms with Crippen LogP contribution in [-0.2, 0) is 31.5 Å². The van der Waals surface area contributed by atoms with E-state index in [1.807, 2.05) is 14.7 Å². The molecule has 0 aromatic carbocycles. The molecule has 0 radical (unpaired) electrons. The second kappa shape index (κ2) is 17.1. The Morgan fingerprint density at radius 3 is 0.824 bits per heavy atom. The number of hydrogen-bond acceptors (Lipinski definition) is 9. The van der Waals surface area contributed by atoms with Crippen molar-refractivity contribution in [1.82, 2.24) is 14.7 Å². The van der Waals surface area contributed by atoms with Gasteiger partial charge in [0.15, 0.2) is 35.0 Å². The van der Waals surface area contributed by atoms with Gasteiger partial charge in [0, 0.05) is 74.6 Å². The number of likely N-dealkylation sites (tertiary alicyclic amines) is 3. The van der Waals surface area contributed by atoms with E-state index in [0.29, 0.717) is 0 Å². The van der Waals surface area contributed by atoms with Gasteiger partial charge in [-0.2, -0.15) is 0 Å². The zero-order chi connectivity index (χ0) is 24.8. The zero-order valence-corrected chi connectivity index (χ0v) is 21.6. The monoisotopic (exact) mass is 521 g/mol. The van der Waals surface area contributed by atoms with Gasteiger partial charge in [0.1, 0.15) is 0 Å². The van der Waals surface area contributed by atoms with Gasteiger partial charge >= 0.3 is 0 Å². The SMILES string of the molecule is CC(=O)C=C(O)N1CCCC1.CC(=O)C=C(O)N1CCCC1.CC(=O)C=C(O)N1CCCC1.[Fe]. The van der Waals surface area contributed by atoms with E-state index in [-0.39, 0.29) is 52.1 Å². The minimum atomic E-state index is -0.102. The van der Waals surface area contributed by atoms with E-state index in [1.165, 1.54) is 39.0 Å². The molecule has 3 heterocycles. The molecule has 0 bridgehead atoms. The predicted octanol–water partition coefficient (Wildman–Crippen LogP) is 3.21. The van der Waals surface area contributed by atoms with E-state index >= 15 is 0 Å². The van der Waals surface area contributed by atoms with E-state index in [2.05, 4.69) is 0 Å². The van der Waals surface area contributed by atoms with Crippen LogP contribution in [-0.4, -0.2) is 86.6 Å². The first kappa shape index (κ1) is 31.5. The normalized spacial score (nSPS) is 18.4. The molecular weight excluding hydrogens is 482 g/mol. The van der Waals surface area contributed by atoms with E-state index in [4.69, 9.17) is 0 Å². The van der Waals surface area contributed by atoms with Crippen molar-refractivity contribution < 1.29 is 46.8 Å². The fourth-order valence-electron chi connectivity index (χ4n) is 3.66. The Morgan fingerprint density at radius 1 is 0.500 bits per heavy atom. The average molecular weight is 521 g/mol. The van der Waals surface area contributed by atoms with Crippen LogP contribution in [0.3, 0.4) is 0 Å². The second-order valence-electron chi connectivity index (χ2n) is 8.42. The third kappa shape index (κ3) is 13.3. The van der Waals surface area contributed by atoms with Crippen LogP contribution in [0.4, 0.5) is 0 Å². The number of allylic oxidation sites excluding steroid dienone is 3. The van der Waals surface area contributed by atoms with Crippen LogP contribution in [0, 0.1) is 0 Å². The molecule has 0 aromatic rings. The van der Waals surface area contributed by atoms with Gasteiger partial charge in [-0.25, -0.2) is 0 Å². The van der Waals surface area contributed by atoms with E-state index in [0.717, 1.165) is 77.8 Å². The second-order valence-corrected chi connectivity index (χ2v) is 8.42. The van der Waals surface area contributed by atoms with Crippen molar-refractivity contribution in [3.05, 3.63) is 35.9 Å². The molecule has 3 aliphatic rings. The molecule has 3 N–H and O–H groups in total. The molecule has 0 spiro atoms. The summed E-state index contributed by atoms with van der Waals surface area (Å²) in [7, 11) is 0. The van der Waals surface area contributed by atoms with E-state index < -0.39 is 0 Å². The Labute approximate surface area is 213 Å². The van der Waals surface area contributed by atoms with E-state index in [1.54, 1.807) is 0 Å². The smallest absolute Gasteiger partial charge is 0.190 e. The molecule has 3 saturated heterocycles. The molecule has 0 aromatic heterocycles. The van der Waals surface area contributed by atoms with Gasteiger partial charge in [-0.05, 0) is 59.3 Å². The molecule has 3 fully saturated rings. The number of carbonyl (C=O) groups excluding carboxylic acids is 3. The maximum atomic E-state index is 10.5. The average Bonchev–Trinajstić information content (AvgIpc) is 3.52. The van der Waals surface area contributed by atoms with Crippen molar-refractivity contribution in [2.45, 2.75) is 59.3 Å². The summed E-state index contributed by atoms with van der Waals surface area (Å²) in [5.74, 6) is 0.0539. The molecule has 9 nitrogen and oxygen atoms in total. The van der Waals surface area contributed by atoms with Crippen molar-refractivity contribution >= 4 is 17.3 Å². The van der Waals surface area contributed by atoms with Crippen LogP contribution < -0.4 is 0 Å². The fraction of sp³-hybridized carbons (Fsp3) is 0.625. The maximum Gasteiger partial charge on any atom is 0.190 e. The Morgan fingerprint density at radius 2 is 0.676 bits per heavy atom. The van der Waals surface area contributed by atoms with E-state index in [9.17, 15) is 29.7 Å². The van der Waals surface area contributed by atoms with Gasteiger partial charge in [0.2, 0.25) is 0 Å². The molecule has 0 aliphatic carbocycles. The summed E-state index contributed by atoms with van der Waals surface area (Å²) in [6.07, 6.45) is 10.4. The molecule has 0 unspecified atom stereocenters. The summed E-state index contributed by atoms with van der Waals surface area (Å²) in [6.45, 7) is 9.53. The van der Waals surface area contributed by atoms with Crippen LogP contribution in [0.25, 0.3) is 0 Å². The van der Waals surface area contributed by atoms with Gasteiger partial charge in [-0.1, -0.05) is 0 Å². The Balaban J connectivity index is 0.000000473. The van der Waals surface area contributed by atoms with Gasteiger partial charge in [0.25, 0.3) is 0 Å². The van der Waals surface area contributed by atoms with Gasteiger partial charge < -0.3 is 30.0 Å². The first-order valence-corrected chi connectivity index (χ1v) is 11.6. The molecule has 194 valence electrons. The van der Waals surface area contributed by atoms with Gasteiger partial charge in [0.05, 0.1) is 0 Å². The number of ketones is 3. The summed E-state index contributed by atoms with van der Waals surface area (Å²) >= 11 is 0.